The Balaban J connectivity index is 2.32. The van der Waals surface area contributed by atoms with E-state index >= 15 is 0 Å². The van der Waals surface area contributed by atoms with Gasteiger partial charge in [-0.2, -0.15) is 0 Å². The van der Waals surface area contributed by atoms with Crippen molar-refractivity contribution < 1.29 is 14.2 Å². The van der Waals surface area contributed by atoms with Crippen LogP contribution in [0.15, 0.2) is 91.0 Å². The van der Waals surface area contributed by atoms with Crippen LogP contribution in [0.5, 0.6) is 0 Å². The molecule has 0 aliphatic heterocycles. The van der Waals surface area contributed by atoms with E-state index in [0.717, 1.165) is 16.7 Å². The van der Waals surface area contributed by atoms with E-state index in [4.69, 9.17) is 25.8 Å². The highest BCUT2D eigenvalue weighted by Crippen LogP contribution is 2.44. The first kappa shape index (κ1) is 18.6. The third kappa shape index (κ3) is 3.53. The monoisotopic (exact) mass is 368 g/mol. The fourth-order valence-electron chi connectivity index (χ4n) is 3.04. The Labute approximate surface area is 159 Å². The molecule has 0 atom stereocenters. The Kier molecular flexibility index (Phi) is 5.74. The second kappa shape index (κ2) is 8.02. The zero-order chi connectivity index (χ0) is 18.5. The first-order valence-corrected chi connectivity index (χ1v) is 8.68. The summed E-state index contributed by atoms with van der Waals surface area (Å²) in [5, 5.41) is 0. The Morgan fingerprint density at radius 2 is 0.885 bits per heavy atom. The summed E-state index contributed by atoms with van der Waals surface area (Å²) in [5.41, 5.74) is -0.0245. The van der Waals surface area contributed by atoms with Crippen molar-refractivity contribution in [1.29, 1.82) is 0 Å². The molecule has 0 spiro atoms. The molecule has 26 heavy (non-hydrogen) atoms. The van der Waals surface area contributed by atoms with Crippen LogP contribution in [0.4, 0.5) is 0 Å². The van der Waals surface area contributed by atoms with Gasteiger partial charge in [0.1, 0.15) is 0 Å². The van der Waals surface area contributed by atoms with Crippen LogP contribution in [0.25, 0.3) is 0 Å². The van der Waals surface area contributed by atoms with Gasteiger partial charge in [0.25, 0.3) is 0 Å². The lowest BCUT2D eigenvalue weighted by molar-refractivity contribution is -0.332. The van der Waals surface area contributed by atoms with Crippen LogP contribution in [0.2, 0.25) is 0 Å². The molecule has 0 amide bonds. The number of hydrogen-bond donors (Lipinski definition) is 0. The number of alkyl halides is 1. The molecule has 0 fully saturated rings. The fraction of sp³-hybridized carbons (Fsp3) is 0.182. The molecule has 3 aromatic rings. The summed E-state index contributed by atoms with van der Waals surface area (Å²) in [6, 6.07) is 29.7. The molecule has 3 aromatic carbocycles. The number of hydrogen-bond acceptors (Lipinski definition) is 3. The molecule has 0 unspecified atom stereocenters. The summed E-state index contributed by atoms with van der Waals surface area (Å²) in [5.74, 6) is 0. The molecule has 0 aliphatic rings. The van der Waals surface area contributed by atoms with E-state index < -0.39 is 11.0 Å². The van der Waals surface area contributed by atoms with Crippen molar-refractivity contribution in [2.24, 2.45) is 0 Å². The average molecular weight is 369 g/mol. The molecule has 0 saturated carbocycles. The minimum Gasteiger partial charge on any atom is -0.318 e. The van der Waals surface area contributed by atoms with E-state index in [2.05, 4.69) is 0 Å². The topological polar surface area (TPSA) is 27.7 Å². The maximum absolute atomic E-state index is 6.48. The van der Waals surface area contributed by atoms with E-state index in [1.54, 1.807) is 0 Å². The Morgan fingerprint density at radius 3 is 1.15 bits per heavy atom. The zero-order valence-corrected chi connectivity index (χ0v) is 15.5. The minimum absolute atomic E-state index is 0.913. The number of rotatable bonds is 7. The van der Waals surface area contributed by atoms with Crippen LogP contribution in [-0.4, -0.2) is 19.7 Å². The molecule has 0 saturated heterocycles. The van der Waals surface area contributed by atoms with Gasteiger partial charge in [0, 0.05) is 14.2 Å². The first-order chi connectivity index (χ1) is 12.6. The molecule has 4 heteroatoms. The molecule has 0 N–H and O–H groups in total. The summed E-state index contributed by atoms with van der Waals surface area (Å²) >= 11 is 6.48. The lowest BCUT2D eigenvalue weighted by Crippen LogP contribution is -2.43. The van der Waals surface area contributed by atoms with Gasteiger partial charge in [-0.15, -0.1) is 0 Å². The summed E-state index contributed by atoms with van der Waals surface area (Å²) in [6.45, 7) is 0. The van der Waals surface area contributed by atoms with Gasteiger partial charge in [-0.25, -0.2) is 0 Å². The van der Waals surface area contributed by atoms with Gasteiger partial charge in [-0.1, -0.05) is 91.0 Å². The molecule has 3 nitrogen and oxygen atoms in total. The zero-order valence-electron chi connectivity index (χ0n) is 14.8. The standard InChI is InChI=1S/C22H21ClO3/c1-24-22(23,25-2)26-21(18-12-6-3-7-13-18,19-14-8-4-9-15-19)20-16-10-5-11-17-20/h3-17H,1-2H3. The summed E-state index contributed by atoms with van der Waals surface area (Å²) < 4.78 is 17.1. The Morgan fingerprint density at radius 1 is 0.577 bits per heavy atom. The summed E-state index contributed by atoms with van der Waals surface area (Å²) in [7, 11) is 2.89. The smallest absolute Gasteiger partial charge is 0.318 e. The normalized spacial score (nSPS) is 12.1. The van der Waals surface area contributed by atoms with Crippen molar-refractivity contribution in [2.45, 2.75) is 11.0 Å². The Hall–Kier alpha value is -2.17. The molecule has 0 aromatic heterocycles. The number of methoxy groups -OCH3 is 2. The molecule has 0 aliphatic carbocycles. The lowest BCUT2D eigenvalue weighted by Gasteiger charge is -2.40. The van der Waals surface area contributed by atoms with Crippen LogP contribution in [0.3, 0.4) is 0 Å². The van der Waals surface area contributed by atoms with E-state index in [-0.39, 0.29) is 0 Å². The van der Waals surface area contributed by atoms with Crippen LogP contribution < -0.4 is 0 Å². The van der Waals surface area contributed by atoms with Crippen LogP contribution in [0.1, 0.15) is 16.7 Å². The van der Waals surface area contributed by atoms with Gasteiger partial charge in [-0.05, 0) is 28.3 Å². The van der Waals surface area contributed by atoms with E-state index in [9.17, 15) is 0 Å². The number of ether oxygens (including phenoxy) is 3. The largest absolute Gasteiger partial charge is 0.371 e. The second-order valence-corrected chi connectivity index (χ2v) is 6.23. The molecule has 0 radical (unpaired) electrons. The molecular weight excluding hydrogens is 348 g/mol. The summed E-state index contributed by atoms with van der Waals surface area (Å²) in [6.07, 6.45) is 0. The highest BCUT2D eigenvalue weighted by Gasteiger charge is 2.46. The lowest BCUT2D eigenvalue weighted by atomic mass is 9.80. The number of halogens is 1. The van der Waals surface area contributed by atoms with Gasteiger partial charge >= 0.3 is 5.43 Å². The van der Waals surface area contributed by atoms with E-state index in [0.29, 0.717) is 0 Å². The van der Waals surface area contributed by atoms with Crippen molar-refractivity contribution in [3.8, 4) is 0 Å². The fourth-order valence-corrected chi connectivity index (χ4v) is 3.16. The minimum atomic E-state index is -1.75. The SMILES string of the molecule is COC(Cl)(OC)OC(c1ccccc1)(c1ccccc1)c1ccccc1. The third-order valence-electron chi connectivity index (χ3n) is 4.30. The van der Waals surface area contributed by atoms with Gasteiger partial charge in [0.05, 0.1) is 0 Å². The third-order valence-corrected chi connectivity index (χ3v) is 4.69. The number of benzene rings is 3. The van der Waals surface area contributed by atoms with Crippen molar-refractivity contribution in [1.82, 2.24) is 0 Å². The predicted molar refractivity (Wildman–Crippen MR) is 103 cm³/mol. The van der Waals surface area contributed by atoms with E-state index in [1.807, 2.05) is 91.0 Å². The molecule has 0 heterocycles. The molecule has 0 bridgehead atoms. The van der Waals surface area contributed by atoms with Gasteiger partial charge in [-0.3, -0.25) is 4.74 Å². The van der Waals surface area contributed by atoms with E-state index in [1.165, 1.54) is 14.2 Å². The summed E-state index contributed by atoms with van der Waals surface area (Å²) in [4.78, 5) is 0. The maximum atomic E-state index is 6.48. The van der Waals surface area contributed by atoms with Crippen molar-refractivity contribution in [2.75, 3.05) is 14.2 Å². The van der Waals surface area contributed by atoms with Gasteiger partial charge in [0.15, 0.2) is 5.60 Å². The Bertz CT molecular complexity index is 706. The van der Waals surface area contributed by atoms with Crippen LogP contribution in [0, 0.1) is 0 Å². The molecule has 134 valence electrons. The maximum Gasteiger partial charge on any atom is 0.371 e. The molecule has 3 rings (SSSR count). The van der Waals surface area contributed by atoms with Crippen molar-refractivity contribution in [3.05, 3.63) is 108 Å². The van der Waals surface area contributed by atoms with Gasteiger partial charge in [0.2, 0.25) is 0 Å². The predicted octanol–water partition coefficient (Wildman–Crippen LogP) is 5.14. The van der Waals surface area contributed by atoms with Crippen LogP contribution in [-0.2, 0) is 19.8 Å². The average Bonchev–Trinajstić information content (AvgIpc) is 2.74. The van der Waals surface area contributed by atoms with Gasteiger partial charge < -0.3 is 9.47 Å². The van der Waals surface area contributed by atoms with Crippen molar-refractivity contribution in [3.63, 3.8) is 0 Å². The quantitative estimate of drug-likeness (QED) is 0.328. The second-order valence-electron chi connectivity index (χ2n) is 5.77. The molecular formula is C22H21ClO3. The first-order valence-electron chi connectivity index (χ1n) is 8.30. The van der Waals surface area contributed by atoms with Crippen LogP contribution >= 0.6 is 11.6 Å². The highest BCUT2D eigenvalue weighted by atomic mass is 35.5. The highest BCUT2D eigenvalue weighted by molar-refractivity contribution is 6.21. The van der Waals surface area contributed by atoms with Crippen molar-refractivity contribution >= 4 is 11.6 Å².